The fourth-order valence-corrected chi connectivity index (χ4v) is 13.4. The molecule has 0 N–H and O–H groups in total. The van der Waals surface area contributed by atoms with E-state index in [1.165, 1.54) is 51.4 Å². The number of nitrogens with zero attached hydrogens (tertiary/aromatic N) is 2. The summed E-state index contributed by atoms with van der Waals surface area (Å²) < 4.78 is 5.82. The first kappa shape index (κ1) is 36.7. The van der Waals surface area contributed by atoms with Gasteiger partial charge < -0.3 is 24.8 Å². The second kappa shape index (κ2) is 19.1. The maximum Gasteiger partial charge on any atom is -1.00 e. The van der Waals surface area contributed by atoms with E-state index >= 15 is 0 Å². The molecule has 3 aliphatic carbocycles. The van der Waals surface area contributed by atoms with Crippen LogP contribution in [0.5, 0.6) is 0 Å². The molecular formula is C37H53Cl2N2PRu. The number of benzene rings is 2. The molecule has 0 spiro atoms. The van der Waals surface area contributed by atoms with Crippen LogP contribution in [0.4, 0.5) is 0 Å². The zero-order chi connectivity index (χ0) is 28.4. The van der Waals surface area contributed by atoms with Gasteiger partial charge in [-0.05, 0) is 55.5 Å². The zero-order valence-corrected chi connectivity index (χ0v) is 30.5. The summed E-state index contributed by atoms with van der Waals surface area (Å²) in [7, 11) is 0.385. The maximum absolute atomic E-state index is 2.78. The van der Waals surface area contributed by atoms with Crippen molar-refractivity contribution >= 4 is 7.92 Å². The molecule has 0 aliphatic heterocycles. The van der Waals surface area contributed by atoms with Crippen molar-refractivity contribution in [1.82, 2.24) is 9.13 Å². The Balaban J connectivity index is 0.000000227. The van der Waals surface area contributed by atoms with Gasteiger partial charge in [0, 0.05) is 0 Å². The molecule has 0 amide bonds. The van der Waals surface area contributed by atoms with Crippen LogP contribution < -0.4 is 24.8 Å². The summed E-state index contributed by atoms with van der Waals surface area (Å²) in [6.45, 7) is 4.48. The minimum absolute atomic E-state index is 0. The SMILES string of the molecule is C1CCC(P(C2CCCCC2)C2CCCCC2)CC1.CC(c1ccccc1)n1ccn(C(C)c2ccccc2)[c]1=[Ru+2].[Cl-].[Cl-]. The minimum Gasteiger partial charge on any atom is -1.00 e. The average Bonchev–Trinajstić information content (AvgIpc) is 3.44. The van der Waals surface area contributed by atoms with E-state index in [2.05, 4.69) is 114 Å². The molecule has 2 aromatic carbocycles. The van der Waals surface area contributed by atoms with E-state index in [0.29, 0.717) is 20.0 Å². The summed E-state index contributed by atoms with van der Waals surface area (Å²) in [6.07, 6.45) is 28.0. The predicted octanol–water partition coefficient (Wildman–Crippen LogP) is 5.06. The number of rotatable bonds is 7. The monoisotopic (exact) mass is 728 g/mol. The van der Waals surface area contributed by atoms with Crippen molar-refractivity contribution in [1.29, 1.82) is 0 Å². The fourth-order valence-electron chi connectivity index (χ4n) is 7.78. The van der Waals surface area contributed by atoms with E-state index < -0.39 is 0 Å². The van der Waals surface area contributed by atoms with E-state index in [0.717, 1.165) is 0 Å². The van der Waals surface area contributed by atoms with Crippen LogP contribution in [0.15, 0.2) is 73.1 Å². The molecule has 238 valence electrons. The number of imidazole rings is 1. The normalized spacial score (nSPS) is 19.8. The summed E-state index contributed by atoms with van der Waals surface area (Å²) in [6, 6.07) is 21.9. The van der Waals surface area contributed by atoms with Crippen LogP contribution in [-0.2, 0) is 17.9 Å². The molecule has 3 fully saturated rings. The van der Waals surface area contributed by atoms with E-state index in [4.69, 9.17) is 0 Å². The molecule has 3 saturated carbocycles. The van der Waals surface area contributed by atoms with Gasteiger partial charge in [-0.25, -0.2) is 0 Å². The summed E-state index contributed by atoms with van der Waals surface area (Å²) in [5, 5.41) is 0. The largest absolute Gasteiger partial charge is 1.00 e. The first-order valence-corrected chi connectivity index (χ1v) is 19.2. The molecule has 0 bridgehead atoms. The Labute approximate surface area is 285 Å². The van der Waals surface area contributed by atoms with E-state index in [1.54, 1.807) is 77.0 Å². The van der Waals surface area contributed by atoms with Crippen molar-refractivity contribution in [3.8, 4) is 0 Å². The minimum atomic E-state index is 0. The predicted molar refractivity (Wildman–Crippen MR) is 174 cm³/mol. The summed E-state index contributed by atoms with van der Waals surface area (Å²) in [4.78, 5) is 0. The third kappa shape index (κ3) is 9.88. The van der Waals surface area contributed by atoms with Gasteiger partial charge in [0.25, 0.3) is 0 Å². The van der Waals surface area contributed by atoms with Gasteiger partial charge in [0.1, 0.15) is 0 Å². The van der Waals surface area contributed by atoms with Crippen molar-refractivity contribution in [2.24, 2.45) is 0 Å². The Hall–Kier alpha value is -0.717. The first-order chi connectivity index (χ1) is 20.1. The van der Waals surface area contributed by atoms with Gasteiger partial charge in [0.15, 0.2) is 0 Å². The van der Waals surface area contributed by atoms with Gasteiger partial charge in [-0.3, -0.25) is 0 Å². The van der Waals surface area contributed by atoms with Gasteiger partial charge >= 0.3 is 141 Å². The van der Waals surface area contributed by atoms with Gasteiger partial charge in [0.05, 0.1) is 0 Å². The molecule has 0 radical (unpaired) electrons. The third-order valence-corrected chi connectivity index (χ3v) is 15.2. The van der Waals surface area contributed by atoms with Gasteiger partial charge in [-0.15, -0.1) is 0 Å². The number of hydrogen-bond donors (Lipinski definition) is 0. The molecule has 0 saturated heterocycles. The van der Waals surface area contributed by atoms with Crippen LogP contribution in [-0.4, -0.2) is 26.1 Å². The molecule has 1 heterocycles. The smallest absolute Gasteiger partial charge is 1.00 e. The van der Waals surface area contributed by atoms with Crippen molar-refractivity contribution in [2.45, 2.75) is 139 Å². The number of halogens is 2. The molecule has 6 heteroatoms. The van der Waals surface area contributed by atoms with Crippen molar-refractivity contribution in [2.75, 3.05) is 0 Å². The van der Waals surface area contributed by atoms with Gasteiger partial charge in [-0.1, -0.05) is 65.7 Å². The standard InChI is InChI=1S/C19H20N2.C18H33P.2ClH.Ru/c1-16(18-9-5-3-6-10-18)20-13-14-21(15-20)17(2)19-11-7-4-8-12-19;1-4-10-16(11-5-1)19(17-12-6-2-7-13-17)18-14-8-3-9-15-18;;;/h3-14,16-17H,1-2H3;16-18H,1-15H2;2*1H;/q;;;;+2/p-2. The van der Waals surface area contributed by atoms with Crippen LogP contribution in [0.1, 0.15) is 133 Å². The molecule has 43 heavy (non-hydrogen) atoms. The van der Waals surface area contributed by atoms with Crippen LogP contribution in [0, 0.1) is 4.01 Å². The van der Waals surface area contributed by atoms with E-state index in [-0.39, 0.29) is 24.8 Å². The number of aromatic nitrogens is 2. The second-order valence-electron chi connectivity index (χ2n) is 12.9. The van der Waals surface area contributed by atoms with Gasteiger partial charge in [0.2, 0.25) is 0 Å². The quantitative estimate of drug-likeness (QED) is 0.238. The molecule has 6 rings (SSSR count). The molecule has 2 nitrogen and oxygen atoms in total. The Kier molecular flexibility index (Phi) is 16.3. The fraction of sp³-hybridized carbons (Fsp3) is 0.595. The van der Waals surface area contributed by atoms with Crippen LogP contribution >= 0.6 is 7.92 Å². The van der Waals surface area contributed by atoms with E-state index in [9.17, 15) is 0 Å². The Morgan fingerprint density at radius 3 is 1.14 bits per heavy atom. The number of hydrogen-bond acceptors (Lipinski definition) is 0. The third-order valence-electron chi connectivity index (χ3n) is 10.2. The molecule has 1 aromatic heterocycles. The topological polar surface area (TPSA) is 9.86 Å². The maximum atomic E-state index is 2.78. The van der Waals surface area contributed by atoms with Crippen molar-refractivity contribution < 1.29 is 42.7 Å². The molecule has 3 aromatic rings. The Bertz CT molecular complexity index is 1100. The zero-order valence-electron chi connectivity index (χ0n) is 26.4. The van der Waals surface area contributed by atoms with Crippen molar-refractivity contribution in [3.05, 3.63) is 88.2 Å². The molecule has 3 aliphatic rings. The van der Waals surface area contributed by atoms with Gasteiger partial charge in [-0.2, -0.15) is 0 Å². The molecule has 2 unspecified atom stereocenters. The molecular weight excluding hydrogens is 675 g/mol. The Morgan fingerprint density at radius 2 is 0.837 bits per heavy atom. The van der Waals surface area contributed by atoms with Crippen LogP contribution in [0.2, 0.25) is 0 Å². The summed E-state index contributed by atoms with van der Waals surface area (Å²) >= 11 is 2.78. The van der Waals surface area contributed by atoms with Crippen LogP contribution in [0.3, 0.4) is 0 Å². The van der Waals surface area contributed by atoms with E-state index in [1.807, 2.05) is 0 Å². The average molecular weight is 729 g/mol. The van der Waals surface area contributed by atoms with Crippen molar-refractivity contribution in [3.63, 3.8) is 0 Å². The second-order valence-corrected chi connectivity index (χ2v) is 16.7. The summed E-state index contributed by atoms with van der Waals surface area (Å²) in [5.74, 6) is 0. The van der Waals surface area contributed by atoms with Crippen LogP contribution in [0.25, 0.3) is 0 Å². The summed E-state index contributed by atoms with van der Waals surface area (Å²) in [5.41, 5.74) is 6.21. The molecule has 2 atom stereocenters. The first-order valence-electron chi connectivity index (χ1n) is 16.8. The Morgan fingerprint density at radius 1 is 0.535 bits per heavy atom.